The molecule has 0 bridgehead atoms. The standard InChI is InChI=1S/C9H9N3O3/c13-7-4-2-1-3-6(7)5-12-8(14)10-11-9(12)15/h1-4,13H,5H2,(H,10,14)(H,11,15). The Morgan fingerprint density at radius 1 is 1.13 bits per heavy atom. The minimum absolute atomic E-state index is 0.0460. The minimum Gasteiger partial charge on any atom is -0.508 e. The van der Waals surface area contributed by atoms with Crippen LogP contribution in [0.25, 0.3) is 0 Å². The van der Waals surface area contributed by atoms with Gasteiger partial charge in [-0.15, -0.1) is 0 Å². The molecular weight excluding hydrogens is 198 g/mol. The Hall–Kier alpha value is -2.24. The van der Waals surface area contributed by atoms with Gasteiger partial charge in [0.15, 0.2) is 0 Å². The fraction of sp³-hybridized carbons (Fsp3) is 0.111. The number of aromatic hydroxyl groups is 1. The minimum atomic E-state index is -0.525. The molecule has 0 aliphatic carbocycles. The van der Waals surface area contributed by atoms with Crippen LogP contribution in [0.2, 0.25) is 0 Å². The predicted molar refractivity (Wildman–Crippen MR) is 52.9 cm³/mol. The van der Waals surface area contributed by atoms with E-state index in [1.54, 1.807) is 18.2 Å². The van der Waals surface area contributed by atoms with E-state index < -0.39 is 11.4 Å². The summed E-state index contributed by atoms with van der Waals surface area (Å²) < 4.78 is 0.967. The molecule has 6 heteroatoms. The average molecular weight is 207 g/mol. The fourth-order valence-corrected chi connectivity index (χ4v) is 1.29. The predicted octanol–water partition coefficient (Wildman–Crippen LogP) is -0.381. The molecular formula is C9H9N3O3. The molecule has 3 N–H and O–H groups in total. The van der Waals surface area contributed by atoms with Gasteiger partial charge in [0.25, 0.3) is 0 Å². The quantitative estimate of drug-likeness (QED) is 0.626. The molecule has 0 unspecified atom stereocenters. The Labute approximate surface area is 83.8 Å². The van der Waals surface area contributed by atoms with Crippen molar-refractivity contribution in [1.29, 1.82) is 0 Å². The van der Waals surface area contributed by atoms with Gasteiger partial charge in [-0.1, -0.05) is 18.2 Å². The van der Waals surface area contributed by atoms with E-state index >= 15 is 0 Å². The second kappa shape index (κ2) is 3.49. The van der Waals surface area contributed by atoms with E-state index in [4.69, 9.17) is 0 Å². The number of benzene rings is 1. The summed E-state index contributed by atoms with van der Waals surface area (Å²) in [6.07, 6.45) is 0. The Morgan fingerprint density at radius 3 is 2.33 bits per heavy atom. The first kappa shape index (κ1) is 9.32. The molecule has 0 saturated carbocycles. The summed E-state index contributed by atoms with van der Waals surface area (Å²) in [5, 5.41) is 13.8. The lowest BCUT2D eigenvalue weighted by Crippen LogP contribution is -2.26. The molecule has 1 aromatic heterocycles. The molecule has 1 aromatic carbocycles. The van der Waals surface area contributed by atoms with Crippen molar-refractivity contribution in [3.63, 3.8) is 0 Å². The first-order chi connectivity index (χ1) is 7.18. The number of H-pyrrole nitrogens is 2. The largest absolute Gasteiger partial charge is 0.508 e. The first-order valence-corrected chi connectivity index (χ1v) is 4.33. The van der Waals surface area contributed by atoms with E-state index in [2.05, 4.69) is 10.2 Å². The number of nitrogens with one attached hydrogen (secondary N) is 2. The van der Waals surface area contributed by atoms with Gasteiger partial charge in [-0.25, -0.2) is 24.4 Å². The Bertz CT molecular complexity index is 551. The summed E-state index contributed by atoms with van der Waals surface area (Å²) in [5.41, 5.74) is -0.531. The Kier molecular flexibility index (Phi) is 2.17. The monoisotopic (exact) mass is 207 g/mol. The van der Waals surface area contributed by atoms with Gasteiger partial charge in [-0.05, 0) is 6.07 Å². The molecule has 2 aromatic rings. The molecule has 1 heterocycles. The van der Waals surface area contributed by atoms with Crippen LogP contribution in [0.3, 0.4) is 0 Å². The maximum Gasteiger partial charge on any atom is 0.344 e. The van der Waals surface area contributed by atoms with Gasteiger partial charge in [0.05, 0.1) is 6.54 Å². The zero-order chi connectivity index (χ0) is 10.8. The molecule has 15 heavy (non-hydrogen) atoms. The second-order valence-corrected chi connectivity index (χ2v) is 3.08. The molecule has 0 fully saturated rings. The topological polar surface area (TPSA) is 90.9 Å². The van der Waals surface area contributed by atoms with Crippen molar-refractivity contribution in [3.05, 3.63) is 50.8 Å². The molecule has 0 atom stereocenters. The fourth-order valence-electron chi connectivity index (χ4n) is 1.29. The van der Waals surface area contributed by atoms with Crippen LogP contribution in [0.5, 0.6) is 5.75 Å². The summed E-state index contributed by atoms with van der Waals surface area (Å²) in [5.74, 6) is 0.0602. The van der Waals surface area contributed by atoms with Gasteiger partial charge < -0.3 is 5.11 Å². The third-order valence-corrected chi connectivity index (χ3v) is 2.09. The number of phenols is 1. The highest BCUT2D eigenvalue weighted by atomic mass is 16.3. The number of aromatic amines is 2. The van der Waals surface area contributed by atoms with Crippen LogP contribution >= 0.6 is 0 Å². The van der Waals surface area contributed by atoms with E-state index in [0.717, 1.165) is 4.57 Å². The van der Waals surface area contributed by atoms with E-state index in [-0.39, 0.29) is 12.3 Å². The number of aromatic nitrogens is 3. The molecule has 0 aliphatic heterocycles. The normalized spacial score (nSPS) is 10.4. The van der Waals surface area contributed by atoms with E-state index in [0.29, 0.717) is 5.56 Å². The number of nitrogens with zero attached hydrogens (tertiary/aromatic N) is 1. The molecule has 0 spiro atoms. The van der Waals surface area contributed by atoms with Crippen molar-refractivity contribution in [2.75, 3.05) is 0 Å². The van der Waals surface area contributed by atoms with Crippen LogP contribution in [0.1, 0.15) is 5.56 Å². The van der Waals surface area contributed by atoms with Gasteiger partial charge in [0.1, 0.15) is 5.75 Å². The molecule has 6 nitrogen and oxygen atoms in total. The van der Waals surface area contributed by atoms with E-state index in [9.17, 15) is 14.7 Å². The zero-order valence-electron chi connectivity index (χ0n) is 7.73. The van der Waals surface area contributed by atoms with Crippen LogP contribution in [0.15, 0.2) is 33.9 Å². The highest BCUT2D eigenvalue weighted by molar-refractivity contribution is 5.31. The first-order valence-electron chi connectivity index (χ1n) is 4.33. The highest BCUT2D eigenvalue weighted by Crippen LogP contribution is 2.15. The van der Waals surface area contributed by atoms with Crippen molar-refractivity contribution in [2.45, 2.75) is 6.54 Å². The highest BCUT2D eigenvalue weighted by Gasteiger charge is 2.06. The number of phenolic OH excluding ortho intramolecular Hbond substituents is 1. The van der Waals surface area contributed by atoms with Crippen LogP contribution < -0.4 is 11.4 Å². The van der Waals surface area contributed by atoms with E-state index in [1.807, 2.05) is 0 Å². The van der Waals surface area contributed by atoms with Crippen molar-refractivity contribution < 1.29 is 5.11 Å². The second-order valence-electron chi connectivity index (χ2n) is 3.08. The summed E-state index contributed by atoms with van der Waals surface area (Å²) in [7, 11) is 0. The third-order valence-electron chi connectivity index (χ3n) is 2.09. The van der Waals surface area contributed by atoms with Gasteiger partial charge in [-0.3, -0.25) is 0 Å². The third kappa shape index (κ3) is 1.69. The Morgan fingerprint density at radius 2 is 1.73 bits per heavy atom. The maximum atomic E-state index is 11.2. The van der Waals surface area contributed by atoms with Crippen LogP contribution in [-0.2, 0) is 6.54 Å². The summed E-state index contributed by atoms with van der Waals surface area (Å²) in [4.78, 5) is 22.3. The molecule has 0 radical (unpaired) electrons. The van der Waals surface area contributed by atoms with Crippen LogP contribution in [-0.4, -0.2) is 19.9 Å². The van der Waals surface area contributed by atoms with Gasteiger partial charge in [0, 0.05) is 5.56 Å². The van der Waals surface area contributed by atoms with Crippen molar-refractivity contribution in [3.8, 4) is 5.75 Å². The zero-order valence-corrected chi connectivity index (χ0v) is 7.73. The van der Waals surface area contributed by atoms with Gasteiger partial charge >= 0.3 is 11.4 Å². The summed E-state index contributed by atoms with van der Waals surface area (Å²) in [6.45, 7) is 0.0460. The molecule has 2 rings (SSSR count). The number of hydrogen-bond donors (Lipinski definition) is 3. The summed E-state index contributed by atoms with van der Waals surface area (Å²) >= 11 is 0. The lowest BCUT2D eigenvalue weighted by molar-refractivity contribution is 0.465. The van der Waals surface area contributed by atoms with Gasteiger partial charge in [0.2, 0.25) is 0 Å². The lowest BCUT2D eigenvalue weighted by Gasteiger charge is -2.02. The van der Waals surface area contributed by atoms with E-state index in [1.165, 1.54) is 6.07 Å². The molecule has 0 saturated heterocycles. The van der Waals surface area contributed by atoms with Crippen molar-refractivity contribution in [2.24, 2.45) is 0 Å². The number of rotatable bonds is 2. The van der Waals surface area contributed by atoms with Crippen molar-refractivity contribution >= 4 is 0 Å². The lowest BCUT2D eigenvalue weighted by atomic mass is 10.2. The smallest absolute Gasteiger partial charge is 0.344 e. The Balaban J connectivity index is 2.42. The van der Waals surface area contributed by atoms with Gasteiger partial charge in [-0.2, -0.15) is 0 Å². The molecule has 0 amide bonds. The summed E-state index contributed by atoms with van der Waals surface area (Å²) in [6, 6.07) is 6.54. The molecule has 78 valence electrons. The number of hydrogen-bond acceptors (Lipinski definition) is 3. The number of para-hydroxylation sites is 1. The van der Waals surface area contributed by atoms with Crippen LogP contribution in [0.4, 0.5) is 0 Å². The van der Waals surface area contributed by atoms with Crippen molar-refractivity contribution in [1.82, 2.24) is 14.8 Å². The SMILES string of the molecule is O=c1[nH][nH]c(=O)n1Cc1ccccc1O. The van der Waals surface area contributed by atoms with Crippen LogP contribution in [0, 0.1) is 0 Å². The average Bonchev–Trinajstić information content (AvgIpc) is 2.53. The maximum absolute atomic E-state index is 11.2. The molecule has 0 aliphatic rings.